The van der Waals surface area contributed by atoms with Crippen LogP contribution in [-0.4, -0.2) is 16.1 Å². The molecule has 0 saturated carbocycles. The van der Waals surface area contributed by atoms with Crippen molar-refractivity contribution >= 4 is 28.5 Å². The monoisotopic (exact) mass is 315 g/mol. The predicted octanol–water partition coefficient (Wildman–Crippen LogP) is 4.70. The van der Waals surface area contributed by atoms with Crippen molar-refractivity contribution in [3.05, 3.63) is 64.4 Å². The second-order valence-electron chi connectivity index (χ2n) is 4.96. The van der Waals surface area contributed by atoms with E-state index in [1.165, 1.54) is 12.1 Å². The Kier molecular flexibility index (Phi) is 3.54. The van der Waals surface area contributed by atoms with Gasteiger partial charge in [0.15, 0.2) is 5.82 Å². The highest BCUT2D eigenvalue weighted by atomic mass is 35.5. The highest BCUT2D eigenvalue weighted by Gasteiger charge is 2.17. The summed E-state index contributed by atoms with van der Waals surface area (Å²) in [7, 11) is 0. The summed E-state index contributed by atoms with van der Waals surface area (Å²) in [5.74, 6) is -1.79. The van der Waals surface area contributed by atoms with Crippen LogP contribution in [0.3, 0.4) is 0 Å². The van der Waals surface area contributed by atoms with Crippen LogP contribution in [0.2, 0.25) is 5.02 Å². The lowest BCUT2D eigenvalue weighted by Crippen LogP contribution is -2.02. The molecular formula is C17H11ClFNO2. The first-order valence-corrected chi connectivity index (χ1v) is 6.94. The molecule has 5 heteroatoms. The number of carboxylic acids is 1. The molecule has 0 aliphatic rings. The first kappa shape index (κ1) is 14.5. The lowest BCUT2D eigenvalue weighted by atomic mass is 10.0. The normalized spacial score (nSPS) is 10.9. The average molecular weight is 316 g/mol. The minimum atomic E-state index is -1.15. The zero-order valence-electron chi connectivity index (χ0n) is 11.6. The molecule has 3 nitrogen and oxygen atoms in total. The van der Waals surface area contributed by atoms with Gasteiger partial charge in [0.05, 0.1) is 11.3 Å². The molecule has 0 fully saturated rings. The van der Waals surface area contributed by atoms with E-state index < -0.39 is 11.8 Å². The molecule has 0 aliphatic heterocycles. The number of carbonyl (C=O) groups is 1. The van der Waals surface area contributed by atoms with Crippen molar-refractivity contribution in [1.29, 1.82) is 0 Å². The molecule has 0 spiro atoms. The summed E-state index contributed by atoms with van der Waals surface area (Å²) < 4.78 is 14.1. The van der Waals surface area contributed by atoms with Crippen LogP contribution in [0, 0.1) is 12.7 Å². The molecule has 0 radical (unpaired) electrons. The lowest BCUT2D eigenvalue weighted by molar-refractivity contribution is 0.0699. The number of carboxylic acid groups (broad SMARTS) is 1. The highest BCUT2D eigenvalue weighted by Crippen LogP contribution is 2.30. The van der Waals surface area contributed by atoms with Gasteiger partial charge in [0.2, 0.25) is 0 Å². The molecule has 1 N–H and O–H groups in total. The third-order valence-electron chi connectivity index (χ3n) is 3.48. The molecule has 0 unspecified atom stereocenters. The Morgan fingerprint density at radius 3 is 2.64 bits per heavy atom. The second kappa shape index (κ2) is 5.39. The molecule has 3 rings (SSSR count). The largest absolute Gasteiger partial charge is 0.478 e. The molecule has 0 amide bonds. The summed E-state index contributed by atoms with van der Waals surface area (Å²) >= 11 is 5.82. The molecule has 0 bridgehead atoms. The number of nitrogens with zero attached hydrogens (tertiary/aromatic N) is 1. The third-order valence-corrected chi connectivity index (χ3v) is 3.70. The predicted molar refractivity (Wildman–Crippen MR) is 83.8 cm³/mol. The van der Waals surface area contributed by atoms with Crippen LogP contribution in [0.4, 0.5) is 4.39 Å². The zero-order chi connectivity index (χ0) is 15.9. The molecule has 110 valence electrons. The summed E-state index contributed by atoms with van der Waals surface area (Å²) in [5, 5.41) is 9.74. The van der Waals surface area contributed by atoms with Crippen molar-refractivity contribution in [3.8, 4) is 11.3 Å². The van der Waals surface area contributed by atoms with Gasteiger partial charge in [-0.05, 0) is 30.7 Å². The molecule has 0 atom stereocenters. The van der Waals surface area contributed by atoms with Crippen LogP contribution in [0.5, 0.6) is 0 Å². The summed E-state index contributed by atoms with van der Waals surface area (Å²) in [6.45, 7) is 1.89. The number of aromatic carboxylic acids is 1. The van der Waals surface area contributed by atoms with E-state index in [0.29, 0.717) is 5.69 Å². The molecule has 2 aromatic carbocycles. The van der Waals surface area contributed by atoms with Crippen molar-refractivity contribution in [2.45, 2.75) is 6.92 Å². The van der Waals surface area contributed by atoms with Crippen LogP contribution >= 0.6 is 11.6 Å². The van der Waals surface area contributed by atoms with E-state index in [-0.39, 0.29) is 21.5 Å². The number of hydrogen-bond donors (Lipinski definition) is 1. The summed E-state index contributed by atoms with van der Waals surface area (Å²) in [6.07, 6.45) is 0. The number of hydrogen-bond acceptors (Lipinski definition) is 2. The average Bonchev–Trinajstić information content (AvgIpc) is 2.46. The topological polar surface area (TPSA) is 50.2 Å². The summed E-state index contributed by atoms with van der Waals surface area (Å²) in [5.41, 5.74) is 2.10. The van der Waals surface area contributed by atoms with E-state index >= 15 is 0 Å². The molecule has 22 heavy (non-hydrogen) atoms. The highest BCUT2D eigenvalue weighted by molar-refractivity contribution is 6.31. The molecule has 1 heterocycles. The molecule has 1 aromatic heterocycles. The Morgan fingerprint density at radius 2 is 1.95 bits per heavy atom. The van der Waals surface area contributed by atoms with Gasteiger partial charge in [0.25, 0.3) is 0 Å². The first-order valence-electron chi connectivity index (χ1n) is 6.56. The van der Waals surface area contributed by atoms with Gasteiger partial charge in [-0.15, -0.1) is 0 Å². The van der Waals surface area contributed by atoms with Crippen molar-refractivity contribution in [2.75, 3.05) is 0 Å². The van der Waals surface area contributed by atoms with Crippen LogP contribution in [0.25, 0.3) is 22.2 Å². The van der Waals surface area contributed by atoms with Crippen molar-refractivity contribution in [3.63, 3.8) is 0 Å². The Morgan fingerprint density at radius 1 is 1.23 bits per heavy atom. The minimum Gasteiger partial charge on any atom is -0.478 e. The van der Waals surface area contributed by atoms with Gasteiger partial charge in [-0.2, -0.15) is 0 Å². The van der Waals surface area contributed by atoms with Crippen LogP contribution < -0.4 is 0 Å². The van der Waals surface area contributed by atoms with E-state index in [1.54, 1.807) is 0 Å². The number of rotatable bonds is 2. The number of aryl methyl sites for hydroxylation is 1. The zero-order valence-corrected chi connectivity index (χ0v) is 12.4. The number of halogens is 2. The number of aromatic nitrogens is 1. The van der Waals surface area contributed by atoms with Crippen molar-refractivity contribution in [2.24, 2.45) is 0 Å². The fourth-order valence-electron chi connectivity index (χ4n) is 2.43. The van der Waals surface area contributed by atoms with Crippen molar-refractivity contribution in [1.82, 2.24) is 4.98 Å². The summed E-state index contributed by atoms with van der Waals surface area (Å²) in [6, 6.07) is 11.4. The van der Waals surface area contributed by atoms with Gasteiger partial charge in [-0.25, -0.2) is 14.2 Å². The van der Waals surface area contributed by atoms with Crippen LogP contribution in [0.15, 0.2) is 42.5 Å². The molecular weight excluding hydrogens is 305 g/mol. The van der Waals surface area contributed by atoms with E-state index in [2.05, 4.69) is 4.98 Å². The Hall–Kier alpha value is -2.46. The molecule has 0 saturated heterocycles. The van der Waals surface area contributed by atoms with Crippen LogP contribution in [-0.2, 0) is 0 Å². The van der Waals surface area contributed by atoms with E-state index in [9.17, 15) is 14.3 Å². The minimum absolute atomic E-state index is 0.00236. The third kappa shape index (κ3) is 2.42. The van der Waals surface area contributed by atoms with Crippen LogP contribution in [0.1, 0.15) is 15.9 Å². The maximum absolute atomic E-state index is 14.1. The van der Waals surface area contributed by atoms with Gasteiger partial charge < -0.3 is 5.11 Å². The fourth-order valence-corrected chi connectivity index (χ4v) is 2.63. The summed E-state index contributed by atoms with van der Waals surface area (Å²) in [4.78, 5) is 15.8. The molecule has 3 aromatic rings. The maximum Gasteiger partial charge on any atom is 0.336 e. The Bertz CT molecular complexity index is 909. The number of benzene rings is 2. The standard InChI is InChI=1S/C17H11ClFNO2/c1-9-4-2-3-5-11(9)15-8-13(17(21)22)12-6-10(18)7-14(19)16(12)20-15/h2-8H,1H3,(H,21,22). The Labute approximate surface area is 131 Å². The van der Waals surface area contributed by atoms with Gasteiger partial charge in [0.1, 0.15) is 5.52 Å². The lowest BCUT2D eigenvalue weighted by Gasteiger charge is -2.10. The second-order valence-corrected chi connectivity index (χ2v) is 5.40. The Balaban J connectivity index is 2.40. The van der Waals surface area contributed by atoms with Gasteiger partial charge in [-0.3, -0.25) is 0 Å². The number of fused-ring (bicyclic) bond motifs is 1. The van der Waals surface area contributed by atoms with Gasteiger partial charge in [-0.1, -0.05) is 35.9 Å². The fraction of sp³-hybridized carbons (Fsp3) is 0.0588. The maximum atomic E-state index is 14.1. The number of pyridine rings is 1. The molecule has 0 aliphatic carbocycles. The smallest absolute Gasteiger partial charge is 0.336 e. The van der Waals surface area contributed by atoms with E-state index in [4.69, 9.17) is 11.6 Å². The van der Waals surface area contributed by atoms with Crippen molar-refractivity contribution < 1.29 is 14.3 Å². The van der Waals surface area contributed by atoms with Gasteiger partial charge >= 0.3 is 5.97 Å². The first-order chi connectivity index (χ1) is 10.5. The SMILES string of the molecule is Cc1ccccc1-c1cc(C(=O)O)c2cc(Cl)cc(F)c2n1. The quantitative estimate of drug-likeness (QED) is 0.745. The van der Waals surface area contributed by atoms with Gasteiger partial charge in [0, 0.05) is 16.0 Å². The van der Waals surface area contributed by atoms with E-state index in [1.807, 2.05) is 31.2 Å². The van der Waals surface area contributed by atoms with E-state index in [0.717, 1.165) is 17.2 Å².